The Morgan fingerprint density at radius 1 is 1.05 bits per heavy atom. The Hall–Kier alpha value is -3.63. The number of carbonyl (C=O) groups is 2. The Morgan fingerprint density at radius 2 is 1.76 bits per heavy atom. The lowest BCUT2D eigenvalue weighted by atomic mass is 10.0. The molecule has 0 atom stereocenters. The van der Waals surface area contributed by atoms with E-state index < -0.39 is 5.97 Å². The molecule has 1 N–H and O–H groups in total. The molecule has 0 aliphatic heterocycles. The number of aromatic nitrogens is 3. The third-order valence-electron chi connectivity index (χ3n) is 5.84. The van der Waals surface area contributed by atoms with Crippen molar-refractivity contribution in [1.29, 1.82) is 0 Å². The molecule has 0 aliphatic rings. The van der Waals surface area contributed by atoms with E-state index in [9.17, 15) is 9.59 Å². The summed E-state index contributed by atoms with van der Waals surface area (Å²) in [6.07, 6.45) is 2.10. The number of nitrogens with one attached hydrogen (secondary N) is 1. The minimum Gasteiger partial charge on any atom is -0.494 e. The predicted octanol–water partition coefficient (Wildman–Crippen LogP) is 6.22. The number of anilines is 1. The van der Waals surface area contributed by atoms with Crippen molar-refractivity contribution in [2.45, 2.75) is 31.8 Å². The molecule has 10 heteroatoms. The highest BCUT2D eigenvalue weighted by molar-refractivity contribution is 7.99. The van der Waals surface area contributed by atoms with E-state index in [-0.39, 0.29) is 11.7 Å². The molecule has 198 valence electrons. The Kier molecular flexibility index (Phi) is 9.19. The van der Waals surface area contributed by atoms with Gasteiger partial charge in [-0.05, 0) is 43.2 Å². The lowest BCUT2D eigenvalue weighted by Gasteiger charge is -2.08. The number of esters is 1. The molecule has 0 saturated heterocycles. The van der Waals surface area contributed by atoms with Gasteiger partial charge in [0.25, 0.3) is 0 Å². The van der Waals surface area contributed by atoms with Gasteiger partial charge in [-0.1, -0.05) is 54.9 Å². The number of aryl methyl sites for hydroxylation is 1. The van der Waals surface area contributed by atoms with Crippen LogP contribution in [0, 0.1) is 6.92 Å². The highest BCUT2D eigenvalue weighted by Crippen LogP contribution is 2.36. The molecule has 38 heavy (non-hydrogen) atoms. The molecule has 4 aromatic rings. The van der Waals surface area contributed by atoms with Gasteiger partial charge in [0.05, 0.1) is 19.5 Å². The number of amides is 1. The molecule has 0 unspecified atom stereocenters. The van der Waals surface area contributed by atoms with E-state index in [2.05, 4.69) is 22.4 Å². The van der Waals surface area contributed by atoms with Gasteiger partial charge in [-0.2, -0.15) is 0 Å². The minimum atomic E-state index is -0.496. The average Bonchev–Trinajstić information content (AvgIpc) is 3.51. The number of unbranched alkanes of at least 4 members (excludes halogenated alkanes) is 1. The van der Waals surface area contributed by atoms with E-state index in [1.54, 1.807) is 0 Å². The molecule has 0 fully saturated rings. The number of thiophene rings is 1. The van der Waals surface area contributed by atoms with Crippen LogP contribution < -0.4 is 10.1 Å². The third kappa shape index (κ3) is 6.43. The number of carbonyl (C=O) groups excluding carboxylic acids is 2. The summed E-state index contributed by atoms with van der Waals surface area (Å²) in [7, 11) is 3.20. The topological polar surface area (TPSA) is 95.3 Å². The molecular formula is C28H30N4O4S2. The van der Waals surface area contributed by atoms with Crippen LogP contribution in [0.2, 0.25) is 0 Å². The molecule has 0 radical (unpaired) electrons. The molecule has 2 heterocycles. The van der Waals surface area contributed by atoms with Crippen LogP contribution in [-0.2, 0) is 16.6 Å². The number of hydrogen-bond acceptors (Lipinski definition) is 8. The summed E-state index contributed by atoms with van der Waals surface area (Å²) in [5.74, 6) is 0.873. The second-order valence-electron chi connectivity index (χ2n) is 8.64. The van der Waals surface area contributed by atoms with Crippen LogP contribution >= 0.6 is 23.1 Å². The van der Waals surface area contributed by atoms with E-state index in [4.69, 9.17) is 9.47 Å². The summed E-state index contributed by atoms with van der Waals surface area (Å²) in [5, 5.41) is 14.4. The summed E-state index contributed by atoms with van der Waals surface area (Å²) in [6.45, 7) is 4.83. The predicted molar refractivity (Wildman–Crippen MR) is 152 cm³/mol. The standard InChI is InChI=1S/C28H30N4O4S2/c1-5-6-15-36-21-13-11-20(12-14-21)25-30-31-28(32(25)3)38-17-23(33)29-26-24(27(34)35-4)22(16-37-26)19-9-7-18(2)8-10-19/h7-14,16H,5-6,15,17H2,1-4H3,(H,29,33). The van der Waals surface area contributed by atoms with Crippen molar-refractivity contribution in [1.82, 2.24) is 14.8 Å². The van der Waals surface area contributed by atoms with Crippen LogP contribution in [0.1, 0.15) is 35.7 Å². The first-order valence-corrected chi connectivity index (χ1v) is 14.1. The number of hydrogen-bond donors (Lipinski definition) is 1. The van der Waals surface area contributed by atoms with Gasteiger partial charge >= 0.3 is 5.97 Å². The van der Waals surface area contributed by atoms with Crippen molar-refractivity contribution >= 4 is 40.0 Å². The van der Waals surface area contributed by atoms with Crippen LogP contribution in [0.5, 0.6) is 5.75 Å². The summed E-state index contributed by atoms with van der Waals surface area (Å²) in [5.41, 5.74) is 3.99. The molecule has 0 saturated carbocycles. The fourth-order valence-electron chi connectivity index (χ4n) is 3.72. The number of benzene rings is 2. The Morgan fingerprint density at radius 3 is 2.45 bits per heavy atom. The summed E-state index contributed by atoms with van der Waals surface area (Å²) >= 11 is 2.57. The fraction of sp³-hybridized carbons (Fsp3) is 0.286. The summed E-state index contributed by atoms with van der Waals surface area (Å²) in [4.78, 5) is 25.4. The molecule has 2 aromatic heterocycles. The van der Waals surface area contributed by atoms with Gasteiger partial charge in [-0.15, -0.1) is 21.5 Å². The maximum absolute atomic E-state index is 12.8. The first-order valence-electron chi connectivity index (χ1n) is 12.2. The van der Waals surface area contributed by atoms with E-state index in [1.807, 2.05) is 72.4 Å². The van der Waals surface area contributed by atoms with E-state index >= 15 is 0 Å². The summed E-state index contributed by atoms with van der Waals surface area (Å²) < 4.78 is 12.6. The van der Waals surface area contributed by atoms with Gasteiger partial charge in [-0.3, -0.25) is 4.79 Å². The van der Waals surface area contributed by atoms with Crippen molar-refractivity contribution < 1.29 is 19.1 Å². The number of methoxy groups -OCH3 is 1. The fourth-order valence-corrected chi connectivity index (χ4v) is 5.40. The van der Waals surface area contributed by atoms with Gasteiger partial charge < -0.3 is 19.4 Å². The number of rotatable bonds is 11. The minimum absolute atomic E-state index is 0.106. The quantitative estimate of drug-likeness (QED) is 0.135. The van der Waals surface area contributed by atoms with Crippen LogP contribution in [0.3, 0.4) is 0 Å². The van der Waals surface area contributed by atoms with E-state index in [0.29, 0.717) is 28.2 Å². The molecule has 4 rings (SSSR count). The van der Waals surface area contributed by atoms with Crippen LogP contribution in [0.4, 0.5) is 5.00 Å². The highest BCUT2D eigenvalue weighted by atomic mass is 32.2. The summed E-state index contributed by atoms with van der Waals surface area (Å²) in [6, 6.07) is 15.6. The van der Waals surface area contributed by atoms with Crippen LogP contribution in [0.25, 0.3) is 22.5 Å². The SMILES string of the molecule is CCCCOc1ccc(-c2nnc(SCC(=O)Nc3scc(-c4ccc(C)cc4)c3C(=O)OC)n2C)cc1. The van der Waals surface area contributed by atoms with Crippen LogP contribution in [0.15, 0.2) is 59.1 Å². The molecule has 1 amide bonds. The molecule has 0 aliphatic carbocycles. The Balaban J connectivity index is 1.42. The molecular weight excluding hydrogens is 520 g/mol. The van der Waals surface area contributed by atoms with Crippen molar-refractivity contribution in [2.24, 2.45) is 7.05 Å². The van der Waals surface area contributed by atoms with Gasteiger partial charge in [0.2, 0.25) is 5.91 Å². The van der Waals surface area contributed by atoms with Crippen molar-refractivity contribution in [3.8, 4) is 28.3 Å². The molecule has 8 nitrogen and oxygen atoms in total. The lowest BCUT2D eigenvalue weighted by molar-refractivity contribution is -0.113. The smallest absolute Gasteiger partial charge is 0.341 e. The normalized spacial score (nSPS) is 10.8. The Labute approximate surface area is 230 Å². The zero-order chi connectivity index (χ0) is 27.1. The lowest BCUT2D eigenvalue weighted by Crippen LogP contribution is -2.16. The average molecular weight is 551 g/mol. The largest absolute Gasteiger partial charge is 0.494 e. The van der Waals surface area contributed by atoms with Gasteiger partial charge in [0.1, 0.15) is 16.3 Å². The number of ether oxygens (including phenoxy) is 2. The first-order chi connectivity index (χ1) is 18.4. The number of nitrogens with zero attached hydrogens (tertiary/aromatic N) is 3. The molecule has 0 bridgehead atoms. The van der Waals surface area contributed by atoms with E-state index in [1.165, 1.54) is 30.2 Å². The van der Waals surface area contributed by atoms with Crippen LogP contribution in [-0.4, -0.2) is 46.1 Å². The second kappa shape index (κ2) is 12.7. The Bertz CT molecular complexity index is 1400. The zero-order valence-electron chi connectivity index (χ0n) is 21.8. The van der Waals surface area contributed by atoms with Crippen molar-refractivity contribution in [2.75, 3.05) is 24.8 Å². The monoisotopic (exact) mass is 550 g/mol. The third-order valence-corrected chi connectivity index (χ3v) is 7.76. The second-order valence-corrected chi connectivity index (χ2v) is 10.5. The maximum Gasteiger partial charge on any atom is 0.341 e. The molecule has 2 aromatic carbocycles. The zero-order valence-corrected chi connectivity index (χ0v) is 23.4. The molecule has 0 spiro atoms. The maximum atomic E-state index is 12.8. The van der Waals surface area contributed by atoms with Gasteiger partial charge in [-0.25, -0.2) is 4.79 Å². The van der Waals surface area contributed by atoms with E-state index in [0.717, 1.165) is 40.8 Å². The highest BCUT2D eigenvalue weighted by Gasteiger charge is 2.23. The van der Waals surface area contributed by atoms with Gasteiger partial charge in [0.15, 0.2) is 11.0 Å². The van der Waals surface area contributed by atoms with Gasteiger partial charge in [0, 0.05) is 23.6 Å². The number of thioether (sulfide) groups is 1. The van der Waals surface area contributed by atoms with Crippen molar-refractivity contribution in [3.63, 3.8) is 0 Å². The van der Waals surface area contributed by atoms with Crippen molar-refractivity contribution in [3.05, 3.63) is 65.0 Å². The first kappa shape index (κ1) is 27.4.